The van der Waals surface area contributed by atoms with Crippen molar-refractivity contribution in [3.05, 3.63) is 24.2 Å². The van der Waals surface area contributed by atoms with Gasteiger partial charge in [0, 0.05) is 30.9 Å². The summed E-state index contributed by atoms with van der Waals surface area (Å²) >= 11 is 5.54. The van der Waals surface area contributed by atoms with Gasteiger partial charge in [0.2, 0.25) is 0 Å². The van der Waals surface area contributed by atoms with Crippen LogP contribution in [0.4, 0.5) is 27.8 Å². The van der Waals surface area contributed by atoms with E-state index in [1.165, 1.54) is 12.4 Å². The Bertz CT molecular complexity index is 612. The molecule has 0 saturated carbocycles. The molecular weight excluding hydrogens is 319 g/mol. The van der Waals surface area contributed by atoms with E-state index < -0.39 is 24.8 Å². The van der Waals surface area contributed by atoms with Crippen molar-refractivity contribution in [3.63, 3.8) is 0 Å². The molecule has 116 valence electrons. The number of anilines is 1. The first-order valence-electron chi connectivity index (χ1n) is 5.83. The Morgan fingerprint density at radius 3 is 2.62 bits per heavy atom. The number of alkyl halides is 6. The van der Waals surface area contributed by atoms with E-state index in [0.29, 0.717) is 0 Å². The lowest BCUT2D eigenvalue weighted by atomic mass is 10.3. The second-order valence-electron chi connectivity index (χ2n) is 4.13. The highest BCUT2D eigenvalue weighted by molar-refractivity contribution is 6.18. The molecule has 0 fully saturated rings. The topological polar surface area (TPSA) is 33.4 Å². The predicted octanol–water partition coefficient (Wildman–Crippen LogP) is 3.06. The standard InChI is InChI=1S/C11H10ClF5N4/c12-1-3-20(6-9(13)14)10-7-5-8(11(15,16)17)19-21(7)4-2-18-10/h2,4-5,9H,1,3,6H2. The van der Waals surface area contributed by atoms with Gasteiger partial charge in [-0.25, -0.2) is 18.3 Å². The van der Waals surface area contributed by atoms with E-state index in [1.54, 1.807) is 0 Å². The number of rotatable bonds is 5. The van der Waals surface area contributed by atoms with Crippen LogP contribution in [0.2, 0.25) is 0 Å². The van der Waals surface area contributed by atoms with Gasteiger partial charge in [0.15, 0.2) is 11.5 Å². The molecule has 0 amide bonds. The molecule has 10 heteroatoms. The van der Waals surface area contributed by atoms with Crippen LogP contribution in [0, 0.1) is 0 Å². The van der Waals surface area contributed by atoms with Crippen LogP contribution in [-0.4, -0.2) is 40.0 Å². The molecule has 2 aromatic rings. The molecule has 0 aliphatic heterocycles. The van der Waals surface area contributed by atoms with Gasteiger partial charge in [-0.05, 0) is 0 Å². The molecule has 2 aromatic heterocycles. The van der Waals surface area contributed by atoms with Crippen molar-refractivity contribution in [2.75, 3.05) is 23.9 Å². The molecule has 0 atom stereocenters. The third kappa shape index (κ3) is 3.52. The lowest BCUT2D eigenvalue weighted by Gasteiger charge is -2.22. The summed E-state index contributed by atoms with van der Waals surface area (Å²) < 4.78 is 64.1. The first-order valence-corrected chi connectivity index (χ1v) is 6.37. The Kier molecular flexibility index (Phi) is 4.50. The molecule has 0 unspecified atom stereocenters. The van der Waals surface area contributed by atoms with Gasteiger partial charge in [0.1, 0.15) is 5.52 Å². The molecule has 0 N–H and O–H groups in total. The van der Waals surface area contributed by atoms with Gasteiger partial charge in [-0.1, -0.05) is 0 Å². The smallest absolute Gasteiger partial charge is 0.348 e. The van der Waals surface area contributed by atoms with Gasteiger partial charge < -0.3 is 4.90 Å². The summed E-state index contributed by atoms with van der Waals surface area (Å²) in [6.45, 7) is -0.642. The number of hydrogen-bond donors (Lipinski definition) is 0. The van der Waals surface area contributed by atoms with Crippen molar-refractivity contribution in [1.29, 1.82) is 0 Å². The fourth-order valence-corrected chi connectivity index (χ4v) is 2.05. The van der Waals surface area contributed by atoms with Gasteiger partial charge >= 0.3 is 6.18 Å². The molecule has 21 heavy (non-hydrogen) atoms. The zero-order valence-corrected chi connectivity index (χ0v) is 11.2. The summed E-state index contributed by atoms with van der Waals surface area (Å²) in [5, 5.41) is 3.37. The number of halogens is 6. The quantitative estimate of drug-likeness (QED) is 0.625. The molecule has 0 aliphatic rings. The van der Waals surface area contributed by atoms with Crippen molar-refractivity contribution >= 4 is 22.9 Å². The maximum absolute atomic E-state index is 12.7. The number of fused-ring (bicyclic) bond motifs is 1. The fourth-order valence-electron chi connectivity index (χ4n) is 1.84. The third-order valence-corrected chi connectivity index (χ3v) is 2.84. The molecule has 4 nitrogen and oxygen atoms in total. The maximum Gasteiger partial charge on any atom is 0.435 e. The Hall–Kier alpha value is -1.64. The minimum Gasteiger partial charge on any atom is -0.348 e. The zero-order chi connectivity index (χ0) is 15.6. The van der Waals surface area contributed by atoms with E-state index >= 15 is 0 Å². The number of hydrogen-bond acceptors (Lipinski definition) is 3. The fraction of sp³-hybridized carbons (Fsp3) is 0.455. The van der Waals surface area contributed by atoms with E-state index in [-0.39, 0.29) is 23.8 Å². The Balaban J connectivity index is 2.49. The Morgan fingerprint density at radius 2 is 2.05 bits per heavy atom. The van der Waals surface area contributed by atoms with E-state index in [0.717, 1.165) is 15.5 Å². The summed E-state index contributed by atoms with van der Waals surface area (Å²) in [5.41, 5.74) is -1.12. The predicted molar refractivity (Wildman–Crippen MR) is 66.9 cm³/mol. The van der Waals surface area contributed by atoms with Crippen LogP contribution in [0.5, 0.6) is 0 Å². The summed E-state index contributed by atoms with van der Waals surface area (Å²) in [5.74, 6) is 0.0249. The van der Waals surface area contributed by atoms with Crippen LogP contribution in [0.15, 0.2) is 18.5 Å². The highest BCUT2D eigenvalue weighted by Crippen LogP contribution is 2.31. The molecule has 0 radical (unpaired) electrons. The van der Waals surface area contributed by atoms with Crippen LogP contribution in [0.25, 0.3) is 5.52 Å². The van der Waals surface area contributed by atoms with E-state index in [4.69, 9.17) is 11.6 Å². The minimum absolute atomic E-state index is 0.00408. The van der Waals surface area contributed by atoms with Crippen LogP contribution in [0.3, 0.4) is 0 Å². The molecular formula is C11H10ClF5N4. The molecule has 0 aliphatic carbocycles. The van der Waals surface area contributed by atoms with Gasteiger partial charge in [0.25, 0.3) is 6.43 Å². The third-order valence-electron chi connectivity index (χ3n) is 2.67. The second kappa shape index (κ2) is 6.00. The SMILES string of the molecule is FC(F)CN(CCCl)c1nccn2nc(C(F)(F)F)cc12. The number of aromatic nitrogens is 3. The van der Waals surface area contributed by atoms with Gasteiger partial charge in [-0.2, -0.15) is 18.3 Å². The van der Waals surface area contributed by atoms with Gasteiger partial charge in [-0.3, -0.25) is 0 Å². The van der Waals surface area contributed by atoms with Crippen LogP contribution < -0.4 is 4.90 Å². The van der Waals surface area contributed by atoms with E-state index in [1.807, 2.05) is 0 Å². The van der Waals surface area contributed by atoms with Crippen LogP contribution >= 0.6 is 11.6 Å². The monoisotopic (exact) mass is 328 g/mol. The lowest BCUT2D eigenvalue weighted by Crippen LogP contribution is -2.31. The van der Waals surface area contributed by atoms with Gasteiger partial charge in [0.05, 0.1) is 6.54 Å². The molecule has 0 bridgehead atoms. The van der Waals surface area contributed by atoms with Crippen molar-refractivity contribution < 1.29 is 22.0 Å². The molecule has 2 rings (SSSR count). The molecule has 2 heterocycles. The van der Waals surface area contributed by atoms with Gasteiger partial charge in [-0.15, -0.1) is 11.6 Å². The summed E-state index contributed by atoms with van der Waals surface area (Å²) in [7, 11) is 0. The minimum atomic E-state index is -4.62. The van der Waals surface area contributed by atoms with Crippen LogP contribution in [0.1, 0.15) is 5.69 Å². The molecule has 0 saturated heterocycles. The Morgan fingerprint density at radius 1 is 1.33 bits per heavy atom. The average Bonchev–Trinajstić information content (AvgIpc) is 2.81. The lowest BCUT2D eigenvalue weighted by molar-refractivity contribution is -0.141. The highest BCUT2D eigenvalue weighted by atomic mass is 35.5. The van der Waals surface area contributed by atoms with Crippen molar-refractivity contribution in [3.8, 4) is 0 Å². The largest absolute Gasteiger partial charge is 0.435 e. The zero-order valence-electron chi connectivity index (χ0n) is 10.5. The van der Waals surface area contributed by atoms with Crippen molar-refractivity contribution in [1.82, 2.24) is 14.6 Å². The first-order chi connectivity index (χ1) is 9.82. The van der Waals surface area contributed by atoms with Crippen molar-refractivity contribution in [2.24, 2.45) is 0 Å². The summed E-state index contributed by atoms with van der Waals surface area (Å²) in [6.07, 6.45) is -4.87. The average molecular weight is 329 g/mol. The molecule has 0 aromatic carbocycles. The van der Waals surface area contributed by atoms with Crippen molar-refractivity contribution in [2.45, 2.75) is 12.6 Å². The summed E-state index contributed by atoms with van der Waals surface area (Å²) in [6, 6.07) is 0.773. The number of nitrogens with zero attached hydrogens (tertiary/aromatic N) is 4. The van der Waals surface area contributed by atoms with E-state index in [9.17, 15) is 22.0 Å². The van der Waals surface area contributed by atoms with Crippen LogP contribution in [-0.2, 0) is 6.18 Å². The Labute approximate surface area is 121 Å². The van der Waals surface area contributed by atoms with E-state index in [2.05, 4.69) is 10.1 Å². The first kappa shape index (κ1) is 15.7. The highest BCUT2D eigenvalue weighted by Gasteiger charge is 2.34. The maximum atomic E-state index is 12.7. The second-order valence-corrected chi connectivity index (χ2v) is 4.51. The summed E-state index contributed by atoms with van der Waals surface area (Å²) in [4.78, 5) is 5.01. The normalized spacial score (nSPS) is 12.3. The molecule has 0 spiro atoms.